The van der Waals surface area contributed by atoms with E-state index in [4.69, 9.17) is 16.6 Å². The fourth-order valence-electron chi connectivity index (χ4n) is 5.24. The molecule has 0 saturated carbocycles. The van der Waals surface area contributed by atoms with E-state index >= 15 is 0 Å². The topological polar surface area (TPSA) is 120 Å². The van der Waals surface area contributed by atoms with Gasteiger partial charge in [0.1, 0.15) is 0 Å². The quantitative estimate of drug-likeness (QED) is 0.442. The van der Waals surface area contributed by atoms with Gasteiger partial charge in [0, 0.05) is 65.9 Å². The number of nitrogens with one attached hydrogen (secondary N) is 2. The number of amides is 1. The lowest BCUT2D eigenvalue weighted by Gasteiger charge is -2.41. The molecule has 2 aliphatic rings. The Labute approximate surface area is 233 Å². The zero-order valence-electron chi connectivity index (χ0n) is 22.2. The first-order valence-corrected chi connectivity index (χ1v) is 15.2. The molecule has 2 aromatic heterocycles. The van der Waals surface area contributed by atoms with E-state index in [0.717, 1.165) is 54.7 Å². The van der Waals surface area contributed by atoms with Crippen molar-refractivity contribution in [1.82, 2.24) is 29.5 Å². The van der Waals surface area contributed by atoms with Crippen LogP contribution in [0.5, 0.6) is 0 Å². The number of sulfonamides is 1. The van der Waals surface area contributed by atoms with Gasteiger partial charge in [0.25, 0.3) is 5.91 Å². The second kappa shape index (κ2) is 11.2. The highest BCUT2D eigenvalue weighted by Gasteiger charge is 2.35. The lowest BCUT2D eigenvalue weighted by molar-refractivity contribution is 0.0460. The molecule has 0 aliphatic carbocycles. The summed E-state index contributed by atoms with van der Waals surface area (Å²) < 4.78 is 25.2. The van der Waals surface area contributed by atoms with E-state index in [9.17, 15) is 13.2 Å². The van der Waals surface area contributed by atoms with Crippen molar-refractivity contribution in [3.8, 4) is 0 Å². The number of carbonyl (C=O) groups excluding carboxylic acids is 1. The van der Waals surface area contributed by atoms with Crippen molar-refractivity contribution in [3.05, 3.63) is 75.8 Å². The third-order valence-corrected chi connectivity index (χ3v) is 8.22. The molecule has 4 heterocycles. The Bertz CT molecular complexity index is 1500. The third-order valence-electron chi connectivity index (χ3n) is 7.32. The van der Waals surface area contributed by atoms with Gasteiger partial charge in [-0.3, -0.25) is 14.7 Å². The summed E-state index contributed by atoms with van der Waals surface area (Å²) in [6.07, 6.45) is 6.26. The molecule has 2 atom stereocenters. The molecule has 1 fully saturated rings. The third kappa shape index (κ3) is 6.55. The molecule has 0 spiro atoms. The maximum absolute atomic E-state index is 13.3. The van der Waals surface area contributed by atoms with E-state index in [0.29, 0.717) is 34.8 Å². The molecule has 0 bridgehead atoms. The number of benzene rings is 1. The van der Waals surface area contributed by atoms with Crippen LogP contribution in [0, 0.1) is 6.92 Å². The second-order valence-corrected chi connectivity index (χ2v) is 12.6. The van der Waals surface area contributed by atoms with Crippen molar-refractivity contribution >= 4 is 39.2 Å². The number of hydrogen-bond acceptors (Lipinski definition) is 8. The summed E-state index contributed by atoms with van der Waals surface area (Å²) in [6, 6.07) is 9.40. The Balaban J connectivity index is 1.19. The molecular formula is C27H32ClN7O3S. The van der Waals surface area contributed by atoms with Crippen molar-refractivity contribution in [2.75, 3.05) is 18.1 Å². The van der Waals surface area contributed by atoms with Gasteiger partial charge in [-0.05, 0) is 62.6 Å². The molecule has 2 aliphatic heterocycles. The minimum atomic E-state index is -3.35. The number of halogens is 1. The Kier molecular flexibility index (Phi) is 7.86. The van der Waals surface area contributed by atoms with E-state index in [1.165, 1.54) is 0 Å². The van der Waals surface area contributed by atoms with E-state index < -0.39 is 10.0 Å². The van der Waals surface area contributed by atoms with E-state index in [-0.39, 0.29) is 18.5 Å². The summed E-state index contributed by atoms with van der Waals surface area (Å²) in [5.41, 5.74) is 5.12. The van der Waals surface area contributed by atoms with Crippen molar-refractivity contribution in [3.63, 3.8) is 0 Å². The summed E-state index contributed by atoms with van der Waals surface area (Å²) in [4.78, 5) is 31.1. The van der Waals surface area contributed by atoms with Gasteiger partial charge >= 0.3 is 0 Å². The SMILES string of the molecule is Cc1cc(Cl)ccc1Nc1ncc2c(n1)CN([C@H]1CCN(C(=O)c3ccnc(CNS(C)(=O)=O)c3)[C@H](C)C1)C2. The molecule has 0 unspecified atom stereocenters. The normalized spacial score (nSPS) is 19.6. The van der Waals surface area contributed by atoms with E-state index in [2.05, 4.69) is 31.8 Å². The molecule has 39 heavy (non-hydrogen) atoms. The summed E-state index contributed by atoms with van der Waals surface area (Å²) in [5.74, 6) is 0.506. The molecule has 12 heteroatoms. The van der Waals surface area contributed by atoms with Crippen LogP contribution in [0.2, 0.25) is 5.02 Å². The van der Waals surface area contributed by atoms with Gasteiger partial charge in [0.2, 0.25) is 16.0 Å². The Hall–Kier alpha value is -3.12. The summed E-state index contributed by atoms with van der Waals surface area (Å²) in [5, 5.41) is 3.99. The van der Waals surface area contributed by atoms with Crippen LogP contribution in [0.4, 0.5) is 11.6 Å². The average Bonchev–Trinajstić information content (AvgIpc) is 3.32. The first-order valence-electron chi connectivity index (χ1n) is 12.9. The number of piperidine rings is 1. The highest BCUT2D eigenvalue weighted by molar-refractivity contribution is 7.88. The summed E-state index contributed by atoms with van der Waals surface area (Å²) >= 11 is 6.08. The van der Waals surface area contributed by atoms with Crippen molar-refractivity contribution < 1.29 is 13.2 Å². The van der Waals surface area contributed by atoms with Gasteiger partial charge in [-0.2, -0.15) is 0 Å². The number of likely N-dealkylation sites (tertiary alicyclic amines) is 1. The molecule has 0 radical (unpaired) electrons. The van der Waals surface area contributed by atoms with E-state index in [1.807, 2.05) is 36.2 Å². The van der Waals surface area contributed by atoms with Crippen LogP contribution < -0.4 is 10.0 Å². The molecule has 206 valence electrons. The van der Waals surface area contributed by atoms with E-state index in [1.54, 1.807) is 18.3 Å². The molecule has 2 N–H and O–H groups in total. The minimum absolute atomic E-state index is 0.0481. The largest absolute Gasteiger partial charge is 0.336 e. The smallest absolute Gasteiger partial charge is 0.254 e. The van der Waals surface area contributed by atoms with Gasteiger partial charge in [-0.15, -0.1) is 0 Å². The van der Waals surface area contributed by atoms with Gasteiger partial charge in [-0.25, -0.2) is 23.1 Å². The maximum atomic E-state index is 13.3. The number of anilines is 2. The monoisotopic (exact) mass is 569 g/mol. The molecule has 1 saturated heterocycles. The zero-order valence-corrected chi connectivity index (χ0v) is 23.8. The molecule has 10 nitrogen and oxygen atoms in total. The molecule has 5 rings (SSSR count). The van der Waals surface area contributed by atoms with Crippen LogP contribution >= 0.6 is 11.6 Å². The number of aryl methyl sites for hydroxylation is 1. The first-order chi connectivity index (χ1) is 18.6. The van der Waals surface area contributed by atoms with Gasteiger partial charge < -0.3 is 10.2 Å². The number of aromatic nitrogens is 3. The molecule has 3 aromatic rings. The fourth-order valence-corrected chi connectivity index (χ4v) is 5.88. The number of pyridine rings is 1. The minimum Gasteiger partial charge on any atom is -0.336 e. The van der Waals surface area contributed by atoms with Crippen molar-refractivity contribution in [2.24, 2.45) is 0 Å². The summed E-state index contributed by atoms with van der Waals surface area (Å²) in [7, 11) is -3.35. The van der Waals surface area contributed by atoms with Crippen molar-refractivity contribution in [1.29, 1.82) is 0 Å². The Morgan fingerprint density at radius 3 is 2.74 bits per heavy atom. The van der Waals surface area contributed by atoms with Gasteiger partial charge in [0.05, 0.1) is 24.2 Å². The van der Waals surface area contributed by atoms with Crippen LogP contribution in [0.1, 0.15) is 52.6 Å². The van der Waals surface area contributed by atoms with Gasteiger partial charge in [-0.1, -0.05) is 11.6 Å². The first kappa shape index (κ1) is 27.4. The van der Waals surface area contributed by atoms with Crippen LogP contribution in [0.15, 0.2) is 42.7 Å². The number of rotatable bonds is 7. The fraction of sp³-hybridized carbons (Fsp3) is 0.407. The molecule has 1 amide bonds. The standard InChI is InChI=1S/C27H32ClN7O3S/c1-17-10-21(28)4-5-24(17)32-27-30-13-20-15-34(16-25(20)33-27)23-7-9-35(18(2)11-23)26(36)19-6-8-29-22(12-19)14-31-39(3,37)38/h4-6,8,10,12-13,18,23,31H,7,9,11,14-16H2,1-3H3,(H,30,32,33)/t18-,23+/m1/s1. The molecule has 1 aromatic carbocycles. The number of fused-ring (bicyclic) bond motifs is 1. The second-order valence-electron chi connectivity index (χ2n) is 10.3. The van der Waals surface area contributed by atoms with Crippen molar-refractivity contribution in [2.45, 2.75) is 58.4 Å². The Morgan fingerprint density at radius 1 is 1.18 bits per heavy atom. The molecular weight excluding hydrogens is 538 g/mol. The van der Waals surface area contributed by atoms with Crippen LogP contribution in [-0.2, 0) is 29.7 Å². The zero-order chi connectivity index (χ0) is 27.7. The van der Waals surface area contributed by atoms with Crippen LogP contribution in [-0.4, -0.2) is 64.0 Å². The average molecular weight is 570 g/mol. The number of nitrogens with zero attached hydrogens (tertiary/aromatic N) is 5. The number of hydrogen-bond donors (Lipinski definition) is 2. The lowest BCUT2D eigenvalue weighted by Crippen LogP contribution is -2.50. The maximum Gasteiger partial charge on any atom is 0.254 e. The highest BCUT2D eigenvalue weighted by Crippen LogP contribution is 2.31. The number of carbonyl (C=O) groups is 1. The summed E-state index contributed by atoms with van der Waals surface area (Å²) in [6.45, 7) is 6.31. The lowest BCUT2D eigenvalue weighted by atomic mass is 9.96. The van der Waals surface area contributed by atoms with Crippen LogP contribution in [0.3, 0.4) is 0 Å². The predicted molar refractivity (Wildman–Crippen MR) is 150 cm³/mol. The van der Waals surface area contributed by atoms with Gasteiger partial charge in [0.15, 0.2) is 0 Å². The Morgan fingerprint density at radius 2 is 2.00 bits per heavy atom. The predicted octanol–water partition coefficient (Wildman–Crippen LogP) is 3.64. The highest BCUT2D eigenvalue weighted by atomic mass is 35.5. The van der Waals surface area contributed by atoms with Crippen LogP contribution in [0.25, 0.3) is 0 Å².